The highest BCUT2D eigenvalue weighted by Crippen LogP contribution is 2.21. The van der Waals surface area contributed by atoms with E-state index in [0.717, 1.165) is 0 Å². The van der Waals surface area contributed by atoms with E-state index in [1.165, 1.54) is 18.3 Å². The van der Waals surface area contributed by atoms with E-state index in [9.17, 15) is 18.0 Å². The van der Waals surface area contributed by atoms with Crippen LogP contribution in [-0.2, 0) is 0 Å². The van der Waals surface area contributed by atoms with Crippen molar-refractivity contribution in [2.45, 2.75) is 0 Å². The Morgan fingerprint density at radius 2 is 1.80 bits per heavy atom. The number of hydrazine groups is 1. The van der Waals surface area contributed by atoms with Crippen LogP contribution in [0.15, 0.2) is 30.5 Å². The molecule has 1 aromatic heterocycles. The SMILES string of the molecule is NNc1ccnc(C(=O)Nc2c(F)cc(F)cc2F)c1. The Kier molecular flexibility index (Phi) is 3.85. The van der Waals surface area contributed by atoms with E-state index in [0.29, 0.717) is 17.8 Å². The van der Waals surface area contributed by atoms with Gasteiger partial charge in [-0.15, -0.1) is 0 Å². The standard InChI is InChI=1S/C12H9F3N4O/c13-6-3-8(14)11(9(15)4-6)18-12(20)10-5-7(19-16)1-2-17-10/h1-5H,16H2,(H,17,19)(H,18,20). The van der Waals surface area contributed by atoms with E-state index < -0.39 is 29.0 Å². The van der Waals surface area contributed by atoms with Gasteiger partial charge in [0.05, 0.1) is 5.69 Å². The number of carbonyl (C=O) groups is 1. The number of nitrogens with zero attached hydrogens (tertiary/aromatic N) is 1. The van der Waals surface area contributed by atoms with Crippen LogP contribution in [0.4, 0.5) is 24.5 Å². The van der Waals surface area contributed by atoms with Crippen LogP contribution in [0.25, 0.3) is 0 Å². The van der Waals surface area contributed by atoms with Crippen molar-refractivity contribution in [3.05, 3.63) is 53.6 Å². The molecule has 2 aromatic rings. The first-order chi connectivity index (χ1) is 9.51. The molecule has 5 nitrogen and oxygen atoms in total. The fourth-order valence-corrected chi connectivity index (χ4v) is 1.48. The zero-order chi connectivity index (χ0) is 14.7. The third-order valence-electron chi connectivity index (χ3n) is 2.40. The number of amides is 1. The number of nitrogens with two attached hydrogens (primary N) is 1. The summed E-state index contributed by atoms with van der Waals surface area (Å²) in [6.07, 6.45) is 1.29. The average molecular weight is 282 g/mol. The van der Waals surface area contributed by atoms with Gasteiger partial charge in [0.2, 0.25) is 0 Å². The summed E-state index contributed by atoms with van der Waals surface area (Å²) in [4.78, 5) is 15.5. The highest BCUT2D eigenvalue weighted by Gasteiger charge is 2.16. The number of carbonyl (C=O) groups excluding carboxylic acids is 1. The Balaban J connectivity index is 2.28. The van der Waals surface area contributed by atoms with Crippen molar-refractivity contribution in [1.82, 2.24) is 4.98 Å². The number of pyridine rings is 1. The Morgan fingerprint density at radius 3 is 2.40 bits per heavy atom. The summed E-state index contributed by atoms with van der Waals surface area (Å²) < 4.78 is 39.5. The highest BCUT2D eigenvalue weighted by molar-refractivity contribution is 6.03. The number of rotatable bonds is 3. The number of hydrogen-bond acceptors (Lipinski definition) is 4. The van der Waals surface area contributed by atoms with Gasteiger partial charge in [-0.1, -0.05) is 0 Å². The van der Waals surface area contributed by atoms with Gasteiger partial charge in [0.25, 0.3) is 5.91 Å². The van der Waals surface area contributed by atoms with Crippen molar-refractivity contribution in [2.75, 3.05) is 10.7 Å². The van der Waals surface area contributed by atoms with Crippen LogP contribution in [0.5, 0.6) is 0 Å². The molecule has 8 heteroatoms. The van der Waals surface area contributed by atoms with Crippen LogP contribution in [0.3, 0.4) is 0 Å². The molecule has 20 heavy (non-hydrogen) atoms. The molecule has 0 fully saturated rings. The first-order valence-electron chi connectivity index (χ1n) is 5.40. The summed E-state index contributed by atoms with van der Waals surface area (Å²) in [6.45, 7) is 0. The quantitative estimate of drug-likeness (QED) is 0.594. The fraction of sp³-hybridized carbons (Fsp3) is 0. The number of anilines is 2. The number of aromatic nitrogens is 1. The molecule has 0 aliphatic heterocycles. The molecule has 104 valence electrons. The second kappa shape index (κ2) is 5.57. The predicted octanol–water partition coefficient (Wildman–Crippen LogP) is 2.04. The maximum atomic E-state index is 13.4. The van der Waals surface area contributed by atoms with Gasteiger partial charge >= 0.3 is 0 Å². The smallest absolute Gasteiger partial charge is 0.274 e. The number of hydrogen-bond donors (Lipinski definition) is 3. The molecular weight excluding hydrogens is 273 g/mol. The van der Waals surface area contributed by atoms with E-state index in [1.54, 1.807) is 0 Å². The lowest BCUT2D eigenvalue weighted by atomic mass is 10.2. The topological polar surface area (TPSA) is 80.0 Å². The van der Waals surface area contributed by atoms with Crippen molar-refractivity contribution in [2.24, 2.45) is 5.84 Å². The summed E-state index contributed by atoms with van der Waals surface area (Å²) in [5, 5.41) is 1.99. The van der Waals surface area contributed by atoms with E-state index in [-0.39, 0.29) is 5.69 Å². The molecule has 0 atom stereocenters. The first kappa shape index (κ1) is 13.8. The predicted molar refractivity (Wildman–Crippen MR) is 66.3 cm³/mol. The van der Waals surface area contributed by atoms with Gasteiger partial charge in [-0.25, -0.2) is 13.2 Å². The molecule has 0 radical (unpaired) electrons. The third kappa shape index (κ3) is 2.86. The second-order valence-corrected chi connectivity index (χ2v) is 3.77. The normalized spacial score (nSPS) is 10.2. The Hall–Kier alpha value is -2.61. The van der Waals surface area contributed by atoms with E-state index in [4.69, 9.17) is 5.84 Å². The minimum Gasteiger partial charge on any atom is -0.324 e. The van der Waals surface area contributed by atoms with E-state index in [2.05, 4.69) is 10.4 Å². The van der Waals surface area contributed by atoms with Gasteiger partial charge in [0, 0.05) is 18.3 Å². The van der Waals surface area contributed by atoms with Crippen LogP contribution >= 0.6 is 0 Å². The molecule has 1 heterocycles. The molecule has 0 aliphatic rings. The van der Waals surface area contributed by atoms with Crippen molar-refractivity contribution < 1.29 is 18.0 Å². The van der Waals surface area contributed by atoms with Gasteiger partial charge < -0.3 is 10.7 Å². The summed E-state index contributed by atoms with van der Waals surface area (Å²) in [6, 6.07) is 3.71. The van der Waals surface area contributed by atoms with Crippen LogP contribution < -0.4 is 16.6 Å². The number of nitrogen functional groups attached to an aromatic ring is 1. The summed E-state index contributed by atoms with van der Waals surface area (Å²) in [5.41, 5.74) is 1.84. The Bertz CT molecular complexity index is 640. The number of halogens is 3. The molecule has 4 N–H and O–H groups in total. The fourth-order valence-electron chi connectivity index (χ4n) is 1.48. The molecule has 0 unspecified atom stereocenters. The van der Waals surface area contributed by atoms with Gasteiger partial charge in [-0.3, -0.25) is 15.6 Å². The minimum absolute atomic E-state index is 0.108. The Labute approximate surface area is 111 Å². The molecule has 0 saturated carbocycles. The van der Waals surface area contributed by atoms with Gasteiger partial charge in [0.1, 0.15) is 17.2 Å². The third-order valence-corrected chi connectivity index (χ3v) is 2.40. The van der Waals surface area contributed by atoms with Crippen molar-refractivity contribution in [3.63, 3.8) is 0 Å². The van der Waals surface area contributed by atoms with Crippen molar-refractivity contribution in [1.29, 1.82) is 0 Å². The Morgan fingerprint density at radius 1 is 1.15 bits per heavy atom. The lowest BCUT2D eigenvalue weighted by Crippen LogP contribution is -2.17. The minimum atomic E-state index is -1.22. The maximum absolute atomic E-state index is 13.4. The van der Waals surface area contributed by atoms with Crippen LogP contribution in [0.2, 0.25) is 0 Å². The maximum Gasteiger partial charge on any atom is 0.274 e. The summed E-state index contributed by atoms with van der Waals surface area (Å²) >= 11 is 0. The van der Waals surface area contributed by atoms with Gasteiger partial charge in [-0.2, -0.15) is 0 Å². The average Bonchev–Trinajstić information content (AvgIpc) is 2.42. The zero-order valence-electron chi connectivity index (χ0n) is 9.95. The monoisotopic (exact) mass is 282 g/mol. The zero-order valence-corrected chi connectivity index (χ0v) is 9.95. The first-order valence-corrected chi connectivity index (χ1v) is 5.40. The molecule has 1 amide bonds. The molecule has 0 saturated heterocycles. The van der Waals surface area contributed by atoms with Crippen LogP contribution in [-0.4, -0.2) is 10.9 Å². The van der Waals surface area contributed by atoms with Gasteiger partial charge in [0.15, 0.2) is 11.6 Å². The molecule has 0 bridgehead atoms. The molecule has 1 aromatic carbocycles. The number of nitrogens with one attached hydrogen (secondary N) is 2. The van der Waals surface area contributed by atoms with E-state index in [1.807, 2.05) is 5.32 Å². The molecule has 0 spiro atoms. The second-order valence-electron chi connectivity index (χ2n) is 3.77. The largest absolute Gasteiger partial charge is 0.324 e. The van der Waals surface area contributed by atoms with Crippen molar-refractivity contribution in [3.8, 4) is 0 Å². The lowest BCUT2D eigenvalue weighted by Gasteiger charge is -2.08. The molecule has 0 aliphatic carbocycles. The highest BCUT2D eigenvalue weighted by atomic mass is 19.1. The molecule has 2 rings (SSSR count). The van der Waals surface area contributed by atoms with Crippen LogP contribution in [0.1, 0.15) is 10.5 Å². The van der Waals surface area contributed by atoms with E-state index >= 15 is 0 Å². The summed E-state index contributed by atoms with van der Waals surface area (Å²) in [7, 11) is 0. The van der Waals surface area contributed by atoms with Crippen molar-refractivity contribution >= 4 is 17.3 Å². The number of benzene rings is 1. The lowest BCUT2D eigenvalue weighted by molar-refractivity contribution is 0.102. The summed E-state index contributed by atoms with van der Waals surface area (Å²) in [5.74, 6) is 0.795. The van der Waals surface area contributed by atoms with Crippen LogP contribution in [0, 0.1) is 17.5 Å². The molecular formula is C12H9F3N4O. The van der Waals surface area contributed by atoms with Gasteiger partial charge in [-0.05, 0) is 12.1 Å².